The van der Waals surface area contributed by atoms with Gasteiger partial charge in [-0.25, -0.2) is 0 Å². The van der Waals surface area contributed by atoms with Crippen LogP contribution in [-0.4, -0.2) is 61.8 Å². The molecule has 2 unspecified atom stereocenters. The van der Waals surface area contributed by atoms with E-state index >= 15 is 0 Å². The molecule has 21 heavy (non-hydrogen) atoms. The Balaban J connectivity index is 1.94. The Bertz CT molecular complexity index is 433. The fraction of sp³-hybridized carbons (Fsp3) is 0.929. The number of carbonyl (C=O) groups excluding carboxylic acids is 1. The summed E-state index contributed by atoms with van der Waals surface area (Å²) in [5.74, 6) is -1.90. The highest BCUT2D eigenvalue weighted by Gasteiger charge is 2.58. The van der Waals surface area contributed by atoms with Gasteiger partial charge in [-0.1, -0.05) is 0 Å². The van der Waals surface area contributed by atoms with E-state index < -0.39 is 42.3 Å². The smallest absolute Gasteiger partial charge is 0.220 e. The van der Waals surface area contributed by atoms with Gasteiger partial charge in [0.2, 0.25) is 12.1 Å². The van der Waals surface area contributed by atoms with Gasteiger partial charge >= 0.3 is 0 Å². The van der Waals surface area contributed by atoms with Crippen molar-refractivity contribution < 1.29 is 33.2 Å². The van der Waals surface area contributed by atoms with Gasteiger partial charge < -0.3 is 28.4 Å². The standard InChI is InChI=1S/C14H22O7/c1-13(2)17-6-7-9(19-13)11-10(20-14(3,4)21-11)8(15)12(16-5)18-7/h7,9-12H,6H2,1-5H3/t7?,9-,10-,11?,12+/m1/s1. The molecule has 5 atom stereocenters. The molecule has 3 saturated heterocycles. The summed E-state index contributed by atoms with van der Waals surface area (Å²) in [5.41, 5.74) is 0. The number of Topliss-reactive ketones (excluding diaryl/α,β-unsaturated/α-hetero) is 1. The summed E-state index contributed by atoms with van der Waals surface area (Å²) in [6.07, 6.45) is -3.21. The molecule has 7 heteroatoms. The van der Waals surface area contributed by atoms with Crippen LogP contribution in [0.3, 0.4) is 0 Å². The van der Waals surface area contributed by atoms with E-state index in [4.69, 9.17) is 28.4 Å². The average molecular weight is 302 g/mol. The second-order valence-electron chi connectivity index (χ2n) is 6.46. The van der Waals surface area contributed by atoms with Crippen LogP contribution in [0.25, 0.3) is 0 Å². The van der Waals surface area contributed by atoms with E-state index in [-0.39, 0.29) is 5.78 Å². The lowest BCUT2D eigenvalue weighted by molar-refractivity contribution is -0.335. The quantitative estimate of drug-likeness (QED) is 0.702. The largest absolute Gasteiger partial charge is 0.349 e. The van der Waals surface area contributed by atoms with Gasteiger partial charge in [-0.2, -0.15) is 0 Å². The molecule has 120 valence electrons. The third-order valence-corrected chi connectivity index (χ3v) is 3.86. The Morgan fingerprint density at radius 3 is 2.38 bits per heavy atom. The molecule has 0 aromatic heterocycles. The van der Waals surface area contributed by atoms with E-state index in [1.54, 1.807) is 13.8 Å². The Labute approximate surface area is 123 Å². The maximum Gasteiger partial charge on any atom is 0.220 e. The molecule has 0 aliphatic carbocycles. The van der Waals surface area contributed by atoms with Gasteiger partial charge in [-0.3, -0.25) is 4.79 Å². The van der Waals surface area contributed by atoms with Gasteiger partial charge in [-0.15, -0.1) is 0 Å². The summed E-state index contributed by atoms with van der Waals surface area (Å²) < 4.78 is 34.0. The molecule has 0 aromatic rings. The number of methoxy groups -OCH3 is 1. The van der Waals surface area contributed by atoms with Crippen LogP contribution < -0.4 is 0 Å². The summed E-state index contributed by atoms with van der Waals surface area (Å²) in [6.45, 7) is 7.49. The predicted octanol–water partition coefficient (Wildman–Crippen LogP) is 0.598. The zero-order chi connectivity index (χ0) is 15.4. The van der Waals surface area contributed by atoms with E-state index in [1.807, 2.05) is 13.8 Å². The normalized spacial score (nSPS) is 44.8. The molecule has 3 aliphatic rings. The van der Waals surface area contributed by atoms with Crippen LogP contribution in [0, 0.1) is 0 Å². The van der Waals surface area contributed by atoms with Crippen molar-refractivity contribution in [2.45, 2.75) is 70.0 Å². The van der Waals surface area contributed by atoms with Gasteiger partial charge in [0.15, 0.2) is 17.7 Å². The number of rotatable bonds is 1. The Morgan fingerprint density at radius 2 is 1.71 bits per heavy atom. The van der Waals surface area contributed by atoms with E-state index in [0.717, 1.165) is 0 Å². The van der Waals surface area contributed by atoms with Crippen LogP contribution in [0.2, 0.25) is 0 Å². The maximum absolute atomic E-state index is 12.5. The summed E-state index contributed by atoms with van der Waals surface area (Å²) >= 11 is 0. The SMILES string of the molecule is CO[C@H]1OC2COC(C)(C)O[C@H]2C2OC(C)(C)O[C@@H]2C1=O. The van der Waals surface area contributed by atoms with Gasteiger partial charge in [-0.05, 0) is 27.7 Å². The highest BCUT2D eigenvalue weighted by Crippen LogP contribution is 2.39. The molecule has 3 heterocycles. The van der Waals surface area contributed by atoms with Crippen LogP contribution in [0.1, 0.15) is 27.7 Å². The van der Waals surface area contributed by atoms with Gasteiger partial charge in [0.05, 0.1) is 6.61 Å². The summed E-state index contributed by atoms with van der Waals surface area (Å²) in [7, 11) is 1.42. The first-order chi connectivity index (χ1) is 9.72. The van der Waals surface area contributed by atoms with Gasteiger partial charge in [0.1, 0.15) is 18.3 Å². The number of carbonyl (C=O) groups is 1. The minimum absolute atomic E-state index is 0.288. The molecule has 3 rings (SSSR count). The van der Waals surface area contributed by atoms with Crippen molar-refractivity contribution in [2.24, 2.45) is 0 Å². The number of ketones is 1. The number of fused-ring (bicyclic) bond motifs is 3. The fourth-order valence-electron chi connectivity index (χ4n) is 2.99. The summed E-state index contributed by atoms with van der Waals surface area (Å²) in [5, 5.41) is 0. The Morgan fingerprint density at radius 1 is 1.05 bits per heavy atom. The second-order valence-corrected chi connectivity index (χ2v) is 6.46. The van der Waals surface area contributed by atoms with Crippen molar-refractivity contribution in [3.05, 3.63) is 0 Å². The third kappa shape index (κ3) is 2.74. The first-order valence-corrected chi connectivity index (χ1v) is 7.12. The molecule has 0 radical (unpaired) electrons. The van der Waals surface area contributed by atoms with E-state index in [1.165, 1.54) is 7.11 Å². The van der Waals surface area contributed by atoms with Crippen molar-refractivity contribution in [3.8, 4) is 0 Å². The highest BCUT2D eigenvalue weighted by atomic mass is 16.8. The third-order valence-electron chi connectivity index (χ3n) is 3.86. The Kier molecular flexibility index (Phi) is 3.63. The number of ether oxygens (including phenoxy) is 6. The Hall–Kier alpha value is -0.570. The van der Waals surface area contributed by atoms with E-state index in [2.05, 4.69) is 0 Å². The molecule has 0 spiro atoms. The van der Waals surface area contributed by atoms with Crippen molar-refractivity contribution in [1.82, 2.24) is 0 Å². The van der Waals surface area contributed by atoms with Crippen LogP contribution in [0.4, 0.5) is 0 Å². The first kappa shape index (κ1) is 15.3. The number of hydrogen-bond donors (Lipinski definition) is 0. The lowest BCUT2D eigenvalue weighted by Gasteiger charge is -2.42. The molecule has 0 amide bonds. The molecule has 7 nitrogen and oxygen atoms in total. The topological polar surface area (TPSA) is 72.5 Å². The van der Waals surface area contributed by atoms with Crippen LogP contribution in [0.15, 0.2) is 0 Å². The fourth-order valence-corrected chi connectivity index (χ4v) is 2.99. The zero-order valence-corrected chi connectivity index (χ0v) is 13.0. The number of hydrogen-bond acceptors (Lipinski definition) is 7. The molecular formula is C14H22O7. The van der Waals surface area contributed by atoms with Crippen LogP contribution in [0.5, 0.6) is 0 Å². The van der Waals surface area contributed by atoms with Crippen molar-refractivity contribution in [1.29, 1.82) is 0 Å². The molecule has 0 saturated carbocycles. The van der Waals surface area contributed by atoms with Crippen LogP contribution in [-0.2, 0) is 33.2 Å². The zero-order valence-electron chi connectivity index (χ0n) is 13.0. The lowest BCUT2D eigenvalue weighted by Crippen LogP contribution is -2.55. The second kappa shape index (κ2) is 4.97. The monoisotopic (exact) mass is 302 g/mol. The first-order valence-electron chi connectivity index (χ1n) is 7.12. The average Bonchev–Trinajstić information content (AvgIpc) is 2.67. The minimum Gasteiger partial charge on any atom is -0.349 e. The molecule has 0 aromatic carbocycles. The van der Waals surface area contributed by atoms with Crippen molar-refractivity contribution in [2.75, 3.05) is 13.7 Å². The van der Waals surface area contributed by atoms with E-state index in [0.29, 0.717) is 6.61 Å². The molecule has 0 bridgehead atoms. The van der Waals surface area contributed by atoms with Gasteiger partial charge in [0.25, 0.3) is 0 Å². The lowest BCUT2D eigenvalue weighted by atomic mass is 10.0. The highest BCUT2D eigenvalue weighted by molar-refractivity contribution is 5.87. The summed E-state index contributed by atoms with van der Waals surface area (Å²) in [6, 6.07) is 0. The van der Waals surface area contributed by atoms with Crippen LogP contribution >= 0.6 is 0 Å². The predicted molar refractivity (Wildman–Crippen MR) is 69.4 cm³/mol. The minimum atomic E-state index is -1.00. The molecule has 3 aliphatic heterocycles. The molecule has 3 fully saturated rings. The molecule has 0 N–H and O–H groups in total. The molecular weight excluding hydrogens is 280 g/mol. The van der Waals surface area contributed by atoms with Crippen molar-refractivity contribution >= 4 is 5.78 Å². The van der Waals surface area contributed by atoms with Gasteiger partial charge in [0, 0.05) is 7.11 Å². The van der Waals surface area contributed by atoms with Crippen molar-refractivity contribution in [3.63, 3.8) is 0 Å². The summed E-state index contributed by atoms with van der Waals surface area (Å²) in [4.78, 5) is 12.5. The van der Waals surface area contributed by atoms with E-state index in [9.17, 15) is 4.79 Å². The maximum atomic E-state index is 12.5.